The number of carboxylic acids is 1. The summed E-state index contributed by atoms with van der Waals surface area (Å²) in [5.74, 6) is -0.294. The van der Waals surface area contributed by atoms with Crippen molar-refractivity contribution in [2.45, 2.75) is 19.4 Å². The van der Waals surface area contributed by atoms with Crippen molar-refractivity contribution in [3.05, 3.63) is 28.8 Å². The molecule has 4 nitrogen and oxygen atoms in total. The number of nitrogens with zero attached hydrogens (tertiary/aromatic N) is 1. The van der Waals surface area contributed by atoms with E-state index in [-0.39, 0.29) is 18.1 Å². The highest BCUT2D eigenvalue weighted by Crippen LogP contribution is 2.26. The molecular formula is C13H16ClNO3. The number of hydrogen-bond donors (Lipinski definition) is 2. The predicted molar refractivity (Wildman–Crippen MR) is 68.8 cm³/mol. The van der Waals surface area contributed by atoms with E-state index in [0.29, 0.717) is 11.6 Å². The second kappa shape index (κ2) is 5.59. The monoisotopic (exact) mass is 269 g/mol. The molecule has 2 N–H and O–H groups in total. The smallest absolute Gasteiger partial charge is 0.303 e. The molecule has 1 aromatic rings. The van der Waals surface area contributed by atoms with E-state index in [2.05, 4.69) is 4.90 Å². The Morgan fingerprint density at radius 3 is 3.00 bits per heavy atom. The maximum absolute atomic E-state index is 10.6. The van der Waals surface area contributed by atoms with Gasteiger partial charge in [-0.05, 0) is 37.1 Å². The van der Waals surface area contributed by atoms with Gasteiger partial charge >= 0.3 is 5.97 Å². The molecule has 0 aliphatic carbocycles. The summed E-state index contributed by atoms with van der Waals surface area (Å²) in [4.78, 5) is 12.8. The summed E-state index contributed by atoms with van der Waals surface area (Å²) in [6.07, 6.45) is 1.12. The van der Waals surface area contributed by atoms with Crippen molar-refractivity contribution >= 4 is 17.6 Å². The zero-order chi connectivity index (χ0) is 13.1. The van der Waals surface area contributed by atoms with Crippen LogP contribution in [-0.2, 0) is 11.3 Å². The first-order valence-corrected chi connectivity index (χ1v) is 6.34. The number of phenolic OH excluding ortho intramolecular Hbond substituents is 1. The molecule has 1 unspecified atom stereocenters. The molecule has 1 aliphatic rings. The van der Waals surface area contributed by atoms with Crippen molar-refractivity contribution in [1.82, 2.24) is 4.90 Å². The Morgan fingerprint density at radius 2 is 2.28 bits per heavy atom. The third-order valence-corrected chi connectivity index (χ3v) is 3.50. The molecule has 0 aromatic heterocycles. The maximum Gasteiger partial charge on any atom is 0.303 e. The van der Waals surface area contributed by atoms with Crippen molar-refractivity contribution in [3.8, 4) is 5.75 Å². The lowest BCUT2D eigenvalue weighted by Crippen LogP contribution is -2.20. The lowest BCUT2D eigenvalue weighted by Gasteiger charge is -2.16. The molecule has 2 rings (SSSR count). The molecule has 0 spiro atoms. The van der Waals surface area contributed by atoms with Crippen LogP contribution in [0, 0.1) is 5.92 Å². The number of aromatic hydroxyl groups is 1. The summed E-state index contributed by atoms with van der Waals surface area (Å²) in [5, 5.41) is 19.1. The molecule has 1 aromatic carbocycles. The van der Waals surface area contributed by atoms with Crippen molar-refractivity contribution < 1.29 is 15.0 Å². The second-order valence-corrected chi connectivity index (χ2v) is 5.20. The van der Waals surface area contributed by atoms with Gasteiger partial charge in [0.05, 0.1) is 0 Å². The lowest BCUT2D eigenvalue weighted by atomic mass is 10.1. The summed E-state index contributed by atoms with van der Waals surface area (Å²) >= 11 is 5.89. The van der Waals surface area contributed by atoms with E-state index in [1.54, 1.807) is 18.2 Å². The van der Waals surface area contributed by atoms with E-state index in [1.807, 2.05) is 0 Å². The molecule has 1 atom stereocenters. The molecule has 1 aliphatic heterocycles. The summed E-state index contributed by atoms with van der Waals surface area (Å²) in [6, 6.07) is 4.99. The average Bonchev–Trinajstić information content (AvgIpc) is 2.70. The molecule has 18 heavy (non-hydrogen) atoms. The SMILES string of the molecule is O=C(O)CC1CCN(Cc2cc(Cl)ccc2O)C1. The van der Waals surface area contributed by atoms with E-state index in [1.165, 1.54) is 0 Å². The van der Waals surface area contributed by atoms with Crippen LogP contribution in [-0.4, -0.2) is 34.2 Å². The van der Waals surface area contributed by atoms with Crippen molar-refractivity contribution in [3.63, 3.8) is 0 Å². The van der Waals surface area contributed by atoms with E-state index < -0.39 is 5.97 Å². The van der Waals surface area contributed by atoms with Crippen LogP contribution in [0.4, 0.5) is 0 Å². The summed E-state index contributed by atoms with van der Waals surface area (Å²) in [7, 11) is 0. The van der Waals surface area contributed by atoms with Crippen LogP contribution in [0.15, 0.2) is 18.2 Å². The molecule has 0 bridgehead atoms. The zero-order valence-corrected chi connectivity index (χ0v) is 10.7. The normalized spacial score (nSPS) is 20.2. The third-order valence-electron chi connectivity index (χ3n) is 3.27. The number of benzene rings is 1. The van der Waals surface area contributed by atoms with E-state index in [4.69, 9.17) is 16.7 Å². The Kier molecular flexibility index (Phi) is 4.09. The maximum atomic E-state index is 10.6. The fourth-order valence-electron chi connectivity index (χ4n) is 2.39. The topological polar surface area (TPSA) is 60.8 Å². The Morgan fingerprint density at radius 1 is 1.50 bits per heavy atom. The number of halogens is 1. The highest BCUT2D eigenvalue weighted by atomic mass is 35.5. The van der Waals surface area contributed by atoms with Crippen LogP contribution in [0.2, 0.25) is 5.02 Å². The van der Waals surface area contributed by atoms with E-state index in [0.717, 1.165) is 25.1 Å². The number of carbonyl (C=O) groups is 1. The van der Waals surface area contributed by atoms with Crippen molar-refractivity contribution in [1.29, 1.82) is 0 Å². The number of likely N-dealkylation sites (tertiary alicyclic amines) is 1. The lowest BCUT2D eigenvalue weighted by molar-refractivity contribution is -0.138. The van der Waals surface area contributed by atoms with E-state index >= 15 is 0 Å². The van der Waals surface area contributed by atoms with Crippen molar-refractivity contribution in [2.24, 2.45) is 5.92 Å². The largest absolute Gasteiger partial charge is 0.508 e. The van der Waals surface area contributed by atoms with Crippen LogP contribution >= 0.6 is 11.6 Å². The van der Waals surface area contributed by atoms with Gasteiger partial charge in [0.15, 0.2) is 0 Å². The Labute approximate surface area is 111 Å². The van der Waals surface area contributed by atoms with Gasteiger partial charge in [-0.25, -0.2) is 0 Å². The summed E-state index contributed by atoms with van der Waals surface area (Å²) < 4.78 is 0. The Bertz CT molecular complexity index is 450. The average molecular weight is 270 g/mol. The number of carboxylic acid groups (broad SMARTS) is 1. The molecule has 1 heterocycles. The highest BCUT2D eigenvalue weighted by molar-refractivity contribution is 6.30. The van der Waals surface area contributed by atoms with Crippen LogP contribution < -0.4 is 0 Å². The Hall–Kier alpha value is -1.26. The standard InChI is InChI=1S/C13H16ClNO3/c14-11-1-2-12(16)10(6-11)8-15-4-3-9(7-15)5-13(17)18/h1-2,6,9,16H,3-5,7-8H2,(H,17,18). The number of hydrogen-bond acceptors (Lipinski definition) is 3. The van der Waals surface area contributed by atoms with E-state index in [9.17, 15) is 9.90 Å². The molecule has 5 heteroatoms. The van der Waals surface area contributed by atoms with Gasteiger partial charge in [-0.15, -0.1) is 0 Å². The number of aliphatic carboxylic acids is 1. The van der Waals surface area contributed by atoms with Gasteiger partial charge in [0.1, 0.15) is 5.75 Å². The van der Waals surface area contributed by atoms with Crippen LogP contribution in [0.5, 0.6) is 5.75 Å². The number of rotatable bonds is 4. The fourth-order valence-corrected chi connectivity index (χ4v) is 2.59. The molecular weight excluding hydrogens is 254 g/mol. The van der Waals surface area contributed by atoms with Gasteiger partial charge in [0, 0.05) is 30.1 Å². The van der Waals surface area contributed by atoms with Crippen molar-refractivity contribution in [2.75, 3.05) is 13.1 Å². The Balaban J connectivity index is 1.95. The van der Waals surface area contributed by atoms with Gasteiger partial charge < -0.3 is 10.2 Å². The highest BCUT2D eigenvalue weighted by Gasteiger charge is 2.24. The number of phenols is 1. The minimum absolute atomic E-state index is 0.212. The molecule has 0 radical (unpaired) electrons. The third kappa shape index (κ3) is 3.37. The second-order valence-electron chi connectivity index (χ2n) is 4.76. The molecule has 1 fully saturated rings. The molecule has 0 amide bonds. The first kappa shape index (κ1) is 13.2. The predicted octanol–water partition coefficient (Wildman–Crippen LogP) is 2.34. The fraction of sp³-hybridized carbons (Fsp3) is 0.462. The minimum atomic E-state index is -0.743. The minimum Gasteiger partial charge on any atom is -0.508 e. The van der Waals surface area contributed by atoms with Gasteiger partial charge in [0.2, 0.25) is 0 Å². The molecule has 0 saturated carbocycles. The van der Waals surface area contributed by atoms with Crippen LogP contribution in [0.3, 0.4) is 0 Å². The van der Waals surface area contributed by atoms with Gasteiger partial charge in [-0.2, -0.15) is 0 Å². The quantitative estimate of drug-likeness (QED) is 0.881. The van der Waals surface area contributed by atoms with Gasteiger partial charge in [-0.3, -0.25) is 9.69 Å². The molecule has 98 valence electrons. The zero-order valence-electron chi connectivity index (χ0n) is 9.97. The summed E-state index contributed by atoms with van der Waals surface area (Å²) in [5.41, 5.74) is 0.790. The van der Waals surface area contributed by atoms with Gasteiger partial charge in [-0.1, -0.05) is 11.6 Å². The summed E-state index contributed by atoms with van der Waals surface area (Å²) in [6.45, 7) is 2.24. The van der Waals surface area contributed by atoms with Crippen LogP contribution in [0.1, 0.15) is 18.4 Å². The van der Waals surface area contributed by atoms with Gasteiger partial charge in [0.25, 0.3) is 0 Å². The first-order chi connectivity index (χ1) is 8.54. The van der Waals surface area contributed by atoms with Crippen LogP contribution in [0.25, 0.3) is 0 Å². The first-order valence-electron chi connectivity index (χ1n) is 5.96. The molecule has 1 saturated heterocycles.